The van der Waals surface area contributed by atoms with E-state index >= 15 is 0 Å². The van der Waals surface area contributed by atoms with Crippen LogP contribution in [-0.4, -0.2) is 12.6 Å². The Hall–Kier alpha value is -0.0400. The largest absolute Gasteiger partial charge is 0.313 e. The van der Waals surface area contributed by atoms with Gasteiger partial charge in [-0.25, -0.2) is 0 Å². The molecule has 0 bridgehead atoms. The maximum atomic E-state index is 3.91. The van der Waals surface area contributed by atoms with Crippen LogP contribution in [0.15, 0.2) is 0 Å². The van der Waals surface area contributed by atoms with Gasteiger partial charge in [0.1, 0.15) is 0 Å². The van der Waals surface area contributed by atoms with Crippen molar-refractivity contribution in [1.29, 1.82) is 0 Å². The highest BCUT2D eigenvalue weighted by atomic mass is 14.9. The Bertz CT molecular complexity index is 198. The summed E-state index contributed by atoms with van der Waals surface area (Å²) in [6, 6.07) is 0.783. The molecule has 0 saturated heterocycles. The van der Waals surface area contributed by atoms with Gasteiger partial charge >= 0.3 is 0 Å². The van der Waals surface area contributed by atoms with Crippen molar-refractivity contribution in [3.63, 3.8) is 0 Å². The second-order valence-corrected chi connectivity index (χ2v) is 6.17. The van der Waals surface area contributed by atoms with Crippen molar-refractivity contribution < 1.29 is 0 Å². The molecule has 1 aliphatic carbocycles. The molecule has 0 heterocycles. The molecule has 0 aromatic heterocycles. The van der Waals surface area contributed by atoms with Crippen molar-refractivity contribution in [2.24, 2.45) is 17.8 Å². The van der Waals surface area contributed by atoms with Crippen LogP contribution < -0.4 is 5.32 Å². The zero-order valence-corrected chi connectivity index (χ0v) is 13.2. The first-order valence-corrected chi connectivity index (χ1v) is 8.51. The van der Waals surface area contributed by atoms with Gasteiger partial charge in [-0.15, -0.1) is 0 Å². The molecule has 1 aliphatic rings. The van der Waals surface area contributed by atoms with Crippen LogP contribution in [0.25, 0.3) is 0 Å². The van der Waals surface area contributed by atoms with Crippen LogP contribution in [0, 0.1) is 17.8 Å². The van der Waals surface area contributed by atoms with Crippen LogP contribution >= 0.6 is 0 Å². The third-order valence-corrected chi connectivity index (χ3v) is 5.14. The van der Waals surface area contributed by atoms with Crippen molar-refractivity contribution in [3.05, 3.63) is 0 Å². The molecule has 1 rings (SSSR count). The average Bonchev–Trinajstić information content (AvgIpc) is 2.43. The molecule has 1 fully saturated rings. The highest BCUT2D eigenvalue weighted by molar-refractivity contribution is 4.88. The zero-order valence-electron chi connectivity index (χ0n) is 13.2. The van der Waals surface area contributed by atoms with Crippen molar-refractivity contribution in [2.45, 2.75) is 85.1 Å². The number of rotatable bonds is 8. The summed E-state index contributed by atoms with van der Waals surface area (Å²) in [6.07, 6.45) is 11.2. The SMILES string of the molecule is CCCNC(C(CC)CC)C1CCCCC1CC. The topological polar surface area (TPSA) is 12.0 Å². The first-order chi connectivity index (χ1) is 8.78. The Balaban J connectivity index is 2.71. The molecule has 0 spiro atoms. The van der Waals surface area contributed by atoms with Crippen LogP contribution in [0.1, 0.15) is 79.1 Å². The molecule has 0 radical (unpaired) electrons. The second kappa shape index (κ2) is 8.96. The van der Waals surface area contributed by atoms with Gasteiger partial charge in [0, 0.05) is 6.04 Å². The summed E-state index contributed by atoms with van der Waals surface area (Å²) in [5.74, 6) is 2.81. The van der Waals surface area contributed by atoms with Crippen LogP contribution in [0.2, 0.25) is 0 Å². The Kier molecular flexibility index (Phi) is 7.97. The van der Waals surface area contributed by atoms with E-state index in [1.165, 1.54) is 57.9 Å². The van der Waals surface area contributed by atoms with E-state index in [0.717, 1.165) is 23.8 Å². The standard InChI is InChI=1S/C17H35N/c1-5-13-18-17(14(6-2)7-3)16-12-10-9-11-15(16)8-4/h14-18H,5-13H2,1-4H3. The lowest BCUT2D eigenvalue weighted by Crippen LogP contribution is -2.46. The van der Waals surface area contributed by atoms with Crippen LogP contribution in [0.5, 0.6) is 0 Å². The highest BCUT2D eigenvalue weighted by Crippen LogP contribution is 2.37. The van der Waals surface area contributed by atoms with E-state index in [4.69, 9.17) is 0 Å². The smallest absolute Gasteiger partial charge is 0.0126 e. The molecule has 3 atom stereocenters. The average molecular weight is 253 g/mol. The molecule has 1 saturated carbocycles. The van der Waals surface area contributed by atoms with Crippen molar-refractivity contribution >= 4 is 0 Å². The van der Waals surface area contributed by atoms with E-state index in [1.54, 1.807) is 0 Å². The van der Waals surface area contributed by atoms with E-state index in [9.17, 15) is 0 Å². The lowest BCUT2D eigenvalue weighted by Gasteiger charge is -2.41. The minimum atomic E-state index is 0.783. The summed E-state index contributed by atoms with van der Waals surface area (Å²) < 4.78 is 0. The van der Waals surface area contributed by atoms with E-state index in [0.29, 0.717) is 0 Å². The molecule has 0 aromatic rings. The minimum absolute atomic E-state index is 0.783. The molecule has 18 heavy (non-hydrogen) atoms. The summed E-state index contributed by atoms with van der Waals surface area (Å²) in [7, 11) is 0. The van der Waals surface area contributed by atoms with E-state index in [2.05, 4.69) is 33.0 Å². The van der Waals surface area contributed by atoms with Crippen molar-refractivity contribution in [3.8, 4) is 0 Å². The van der Waals surface area contributed by atoms with Gasteiger partial charge in [0.2, 0.25) is 0 Å². The Morgan fingerprint density at radius 1 is 1.00 bits per heavy atom. The van der Waals surface area contributed by atoms with Crippen molar-refractivity contribution in [2.75, 3.05) is 6.54 Å². The van der Waals surface area contributed by atoms with Gasteiger partial charge in [-0.2, -0.15) is 0 Å². The number of hydrogen-bond acceptors (Lipinski definition) is 1. The normalized spacial score (nSPS) is 26.5. The van der Waals surface area contributed by atoms with Crippen LogP contribution in [0.4, 0.5) is 0 Å². The van der Waals surface area contributed by atoms with E-state index in [-0.39, 0.29) is 0 Å². The molecule has 108 valence electrons. The summed E-state index contributed by atoms with van der Waals surface area (Å²) in [5.41, 5.74) is 0. The van der Waals surface area contributed by atoms with Crippen molar-refractivity contribution in [1.82, 2.24) is 5.32 Å². The molecule has 1 nitrogen and oxygen atoms in total. The number of nitrogens with one attached hydrogen (secondary N) is 1. The van der Waals surface area contributed by atoms with Gasteiger partial charge in [0.15, 0.2) is 0 Å². The highest BCUT2D eigenvalue weighted by Gasteiger charge is 2.33. The molecule has 0 aliphatic heterocycles. The molecule has 0 aromatic carbocycles. The van der Waals surface area contributed by atoms with Gasteiger partial charge in [0.05, 0.1) is 0 Å². The van der Waals surface area contributed by atoms with E-state index < -0.39 is 0 Å². The predicted molar refractivity (Wildman–Crippen MR) is 81.9 cm³/mol. The number of hydrogen-bond donors (Lipinski definition) is 1. The summed E-state index contributed by atoms with van der Waals surface area (Å²) in [6.45, 7) is 10.6. The first kappa shape index (κ1) is 16.0. The lowest BCUT2D eigenvalue weighted by molar-refractivity contribution is 0.132. The van der Waals surface area contributed by atoms with Gasteiger partial charge in [-0.3, -0.25) is 0 Å². The molecule has 1 heteroatoms. The third kappa shape index (κ3) is 4.26. The molecular formula is C17H35N. The Labute approximate surface area is 115 Å². The maximum absolute atomic E-state index is 3.91. The van der Waals surface area contributed by atoms with Gasteiger partial charge in [-0.05, 0) is 37.1 Å². The summed E-state index contributed by atoms with van der Waals surface area (Å²) >= 11 is 0. The second-order valence-electron chi connectivity index (χ2n) is 6.17. The van der Waals surface area contributed by atoms with Crippen LogP contribution in [0.3, 0.4) is 0 Å². The van der Waals surface area contributed by atoms with Gasteiger partial charge < -0.3 is 5.32 Å². The monoisotopic (exact) mass is 253 g/mol. The summed E-state index contributed by atoms with van der Waals surface area (Å²) in [4.78, 5) is 0. The molecule has 0 amide bonds. The summed E-state index contributed by atoms with van der Waals surface area (Å²) in [5, 5.41) is 3.91. The minimum Gasteiger partial charge on any atom is -0.313 e. The van der Waals surface area contributed by atoms with Gasteiger partial charge in [0.25, 0.3) is 0 Å². The molecule has 3 unspecified atom stereocenters. The predicted octanol–water partition coefficient (Wildman–Crippen LogP) is 5.01. The Morgan fingerprint density at radius 2 is 1.67 bits per heavy atom. The lowest BCUT2D eigenvalue weighted by atomic mass is 9.70. The quantitative estimate of drug-likeness (QED) is 0.641. The third-order valence-electron chi connectivity index (χ3n) is 5.14. The molecular weight excluding hydrogens is 218 g/mol. The zero-order chi connectivity index (χ0) is 13.4. The van der Waals surface area contributed by atoms with E-state index in [1.807, 2.05) is 0 Å². The van der Waals surface area contributed by atoms with Gasteiger partial charge in [-0.1, -0.05) is 66.2 Å². The fraction of sp³-hybridized carbons (Fsp3) is 1.00. The first-order valence-electron chi connectivity index (χ1n) is 8.51. The van der Waals surface area contributed by atoms with Crippen LogP contribution in [-0.2, 0) is 0 Å². The fourth-order valence-corrected chi connectivity index (χ4v) is 3.99. The fourth-order valence-electron chi connectivity index (χ4n) is 3.99. The Morgan fingerprint density at radius 3 is 2.22 bits per heavy atom. The molecule has 1 N–H and O–H groups in total. The maximum Gasteiger partial charge on any atom is 0.0126 e.